The molecule has 0 atom stereocenters. The SMILES string of the molecule is O.O.c1ccc2[nH]c(-c3cc(-c4cc(-c5nc6ccccc6[nH]5)c5ccccc5n4)nc4ccccc34)nc2c1. The maximum absolute atomic E-state index is 5.04. The molecular weight excluding hydrogens is 500 g/mol. The Balaban J connectivity index is 0.00000145. The lowest BCUT2D eigenvalue weighted by atomic mass is 10.0. The van der Waals surface area contributed by atoms with E-state index in [4.69, 9.17) is 19.9 Å². The average molecular weight is 525 g/mol. The van der Waals surface area contributed by atoms with E-state index in [-0.39, 0.29) is 11.0 Å². The van der Waals surface area contributed by atoms with Gasteiger partial charge in [0.15, 0.2) is 0 Å². The fourth-order valence-electron chi connectivity index (χ4n) is 5.17. The molecule has 8 nitrogen and oxygen atoms in total. The number of imidazole rings is 2. The van der Waals surface area contributed by atoms with Crippen molar-refractivity contribution in [2.24, 2.45) is 0 Å². The number of benzene rings is 4. The Labute approximate surface area is 228 Å². The quantitative estimate of drug-likeness (QED) is 0.297. The van der Waals surface area contributed by atoms with Gasteiger partial charge in [-0.05, 0) is 48.5 Å². The van der Waals surface area contributed by atoms with Crippen LogP contribution in [0.5, 0.6) is 0 Å². The van der Waals surface area contributed by atoms with Crippen LogP contribution in [0.15, 0.2) is 109 Å². The van der Waals surface area contributed by atoms with Gasteiger partial charge in [0.05, 0.1) is 44.5 Å². The third-order valence-electron chi connectivity index (χ3n) is 6.98. The van der Waals surface area contributed by atoms with Crippen LogP contribution < -0.4 is 0 Å². The standard InChI is InChI=1S/C32H20N6.2H2O/c1-3-11-23-19(9-1)21(31-35-25-13-5-6-14-26(25)36-31)17-29(33-23)30-18-22(20-10-2-4-12-24(20)34-30)32-37-27-15-7-8-16-28(27)38-32;;/h1-18H,(H,35,36)(H,37,38);2*1H2. The zero-order chi connectivity index (χ0) is 25.1. The molecule has 0 spiro atoms. The van der Waals surface area contributed by atoms with Crippen LogP contribution in [0.1, 0.15) is 0 Å². The van der Waals surface area contributed by atoms with Crippen LogP contribution in [0.25, 0.3) is 78.0 Å². The molecular formula is C32H24N6O2. The third-order valence-corrected chi connectivity index (χ3v) is 6.98. The molecule has 194 valence electrons. The average Bonchev–Trinajstić information content (AvgIpc) is 3.60. The molecule has 0 saturated carbocycles. The molecule has 4 aromatic heterocycles. The molecule has 40 heavy (non-hydrogen) atoms. The van der Waals surface area contributed by atoms with E-state index < -0.39 is 0 Å². The second kappa shape index (κ2) is 9.70. The molecule has 8 rings (SSSR count). The largest absolute Gasteiger partial charge is 0.412 e. The van der Waals surface area contributed by atoms with Crippen molar-refractivity contribution in [2.45, 2.75) is 0 Å². The second-order valence-electron chi connectivity index (χ2n) is 9.35. The summed E-state index contributed by atoms with van der Waals surface area (Å²) in [6, 6.07) is 36.6. The molecule has 0 unspecified atom stereocenters. The van der Waals surface area contributed by atoms with Gasteiger partial charge in [0.1, 0.15) is 11.6 Å². The maximum Gasteiger partial charge on any atom is 0.139 e. The molecule has 0 bridgehead atoms. The van der Waals surface area contributed by atoms with Crippen LogP contribution in [0.3, 0.4) is 0 Å². The van der Waals surface area contributed by atoms with Crippen molar-refractivity contribution in [1.82, 2.24) is 29.9 Å². The van der Waals surface area contributed by atoms with Crippen molar-refractivity contribution in [3.63, 3.8) is 0 Å². The highest BCUT2D eigenvalue weighted by atomic mass is 16.0. The number of aromatic nitrogens is 6. The highest BCUT2D eigenvalue weighted by Gasteiger charge is 2.17. The lowest BCUT2D eigenvalue weighted by Gasteiger charge is -2.11. The number of rotatable bonds is 3. The lowest BCUT2D eigenvalue weighted by Crippen LogP contribution is -1.95. The summed E-state index contributed by atoms with van der Waals surface area (Å²) in [5.74, 6) is 1.62. The summed E-state index contributed by atoms with van der Waals surface area (Å²) in [6.45, 7) is 0. The first-order valence-corrected chi connectivity index (χ1v) is 12.5. The van der Waals surface area contributed by atoms with Gasteiger partial charge < -0.3 is 20.9 Å². The number of H-pyrrole nitrogens is 2. The molecule has 6 N–H and O–H groups in total. The smallest absolute Gasteiger partial charge is 0.139 e. The molecule has 0 aliphatic carbocycles. The first-order valence-electron chi connectivity index (χ1n) is 12.5. The van der Waals surface area contributed by atoms with Crippen LogP contribution in [0, 0.1) is 0 Å². The summed E-state index contributed by atoms with van der Waals surface area (Å²) in [7, 11) is 0. The van der Waals surface area contributed by atoms with Gasteiger partial charge in [-0.2, -0.15) is 0 Å². The monoisotopic (exact) mass is 524 g/mol. The molecule has 8 heteroatoms. The Hall–Kier alpha value is -5.44. The highest BCUT2D eigenvalue weighted by molar-refractivity contribution is 5.99. The van der Waals surface area contributed by atoms with E-state index in [1.165, 1.54) is 0 Å². The number of nitrogens with zero attached hydrogens (tertiary/aromatic N) is 4. The van der Waals surface area contributed by atoms with E-state index >= 15 is 0 Å². The summed E-state index contributed by atoms with van der Waals surface area (Å²) >= 11 is 0. The Bertz CT molecular complexity index is 1940. The van der Waals surface area contributed by atoms with Crippen molar-refractivity contribution in [1.29, 1.82) is 0 Å². The molecule has 0 radical (unpaired) electrons. The molecule has 4 aromatic carbocycles. The van der Waals surface area contributed by atoms with E-state index in [9.17, 15) is 0 Å². The first kappa shape index (κ1) is 24.9. The predicted molar refractivity (Wildman–Crippen MR) is 160 cm³/mol. The number of hydrogen-bond donors (Lipinski definition) is 2. The summed E-state index contributed by atoms with van der Waals surface area (Å²) in [6.07, 6.45) is 0. The lowest BCUT2D eigenvalue weighted by molar-refractivity contribution is 0.823. The predicted octanol–water partition coefficient (Wildman–Crippen LogP) is 5.89. The fraction of sp³-hybridized carbons (Fsp3) is 0. The Morgan fingerprint density at radius 2 is 0.775 bits per heavy atom. The highest BCUT2D eigenvalue weighted by Crippen LogP contribution is 2.35. The van der Waals surface area contributed by atoms with Gasteiger partial charge in [-0.1, -0.05) is 60.7 Å². The van der Waals surface area contributed by atoms with Crippen molar-refractivity contribution in [2.75, 3.05) is 0 Å². The summed E-state index contributed by atoms with van der Waals surface area (Å²) in [5, 5.41) is 2.07. The topological polar surface area (TPSA) is 146 Å². The van der Waals surface area contributed by atoms with Crippen LogP contribution in [0.2, 0.25) is 0 Å². The van der Waals surface area contributed by atoms with Crippen molar-refractivity contribution in [3.05, 3.63) is 109 Å². The molecule has 0 amide bonds. The van der Waals surface area contributed by atoms with Crippen LogP contribution in [0.4, 0.5) is 0 Å². The van der Waals surface area contributed by atoms with E-state index in [1.54, 1.807) is 0 Å². The minimum atomic E-state index is 0. The Kier molecular flexibility index (Phi) is 6.03. The minimum Gasteiger partial charge on any atom is -0.412 e. The van der Waals surface area contributed by atoms with E-state index in [1.807, 2.05) is 84.9 Å². The minimum absolute atomic E-state index is 0. The van der Waals surface area contributed by atoms with Gasteiger partial charge in [0.25, 0.3) is 0 Å². The Morgan fingerprint density at radius 3 is 1.20 bits per heavy atom. The third kappa shape index (κ3) is 3.95. The second-order valence-corrected chi connectivity index (χ2v) is 9.35. The van der Waals surface area contributed by atoms with Gasteiger partial charge in [-0.25, -0.2) is 19.9 Å². The number of para-hydroxylation sites is 6. The van der Waals surface area contributed by atoms with Crippen molar-refractivity contribution < 1.29 is 11.0 Å². The van der Waals surface area contributed by atoms with E-state index in [0.717, 1.165) is 78.0 Å². The number of pyridine rings is 2. The summed E-state index contributed by atoms with van der Waals surface area (Å²) < 4.78 is 0. The zero-order valence-electron chi connectivity index (χ0n) is 21.2. The summed E-state index contributed by atoms with van der Waals surface area (Å²) in [4.78, 5) is 26.8. The van der Waals surface area contributed by atoms with E-state index in [0.29, 0.717) is 0 Å². The van der Waals surface area contributed by atoms with Crippen molar-refractivity contribution in [3.8, 4) is 34.2 Å². The number of hydrogen-bond acceptors (Lipinski definition) is 4. The van der Waals surface area contributed by atoms with Gasteiger partial charge in [-0.3, -0.25) is 0 Å². The number of aromatic amines is 2. The molecule has 0 saturated heterocycles. The van der Waals surface area contributed by atoms with Crippen molar-refractivity contribution >= 4 is 43.9 Å². The van der Waals surface area contributed by atoms with Crippen LogP contribution in [-0.2, 0) is 0 Å². The molecule has 0 fully saturated rings. The van der Waals surface area contributed by atoms with Gasteiger partial charge in [0, 0.05) is 21.9 Å². The molecule has 0 aliphatic heterocycles. The Morgan fingerprint density at radius 1 is 0.400 bits per heavy atom. The fourth-order valence-corrected chi connectivity index (χ4v) is 5.17. The van der Waals surface area contributed by atoms with E-state index in [2.05, 4.69) is 34.2 Å². The summed E-state index contributed by atoms with van der Waals surface area (Å²) in [5.41, 5.74) is 9.18. The van der Waals surface area contributed by atoms with Gasteiger partial charge in [-0.15, -0.1) is 0 Å². The van der Waals surface area contributed by atoms with Crippen LogP contribution >= 0.6 is 0 Å². The molecule has 8 aromatic rings. The molecule has 0 aliphatic rings. The zero-order valence-corrected chi connectivity index (χ0v) is 21.2. The molecule has 4 heterocycles. The van der Waals surface area contributed by atoms with Gasteiger partial charge in [0.2, 0.25) is 0 Å². The van der Waals surface area contributed by atoms with Crippen LogP contribution in [-0.4, -0.2) is 40.9 Å². The number of fused-ring (bicyclic) bond motifs is 4. The first-order chi connectivity index (χ1) is 18.8. The normalized spacial score (nSPS) is 11.1. The maximum atomic E-state index is 5.04. The van der Waals surface area contributed by atoms with Gasteiger partial charge >= 0.3 is 0 Å². The number of nitrogens with one attached hydrogen (secondary N) is 2.